The maximum absolute atomic E-state index is 13.1. The van der Waals surface area contributed by atoms with Crippen LogP contribution in [0.2, 0.25) is 0 Å². The molecule has 1 amide bonds. The lowest BCUT2D eigenvalue weighted by atomic mass is 10.2. The first-order valence-corrected chi connectivity index (χ1v) is 7.72. The number of aryl methyl sites for hydroxylation is 2. The van der Waals surface area contributed by atoms with E-state index in [0.29, 0.717) is 16.5 Å². The summed E-state index contributed by atoms with van der Waals surface area (Å²) in [6, 6.07) is 5.65. The number of aromatic nitrogens is 5. The van der Waals surface area contributed by atoms with Gasteiger partial charge in [-0.2, -0.15) is 0 Å². The third kappa shape index (κ3) is 3.09. The first kappa shape index (κ1) is 15.2. The van der Waals surface area contributed by atoms with E-state index >= 15 is 0 Å². The van der Waals surface area contributed by atoms with E-state index in [4.69, 9.17) is 0 Å². The molecule has 2 heterocycles. The van der Waals surface area contributed by atoms with Gasteiger partial charge in [0.15, 0.2) is 5.69 Å². The molecule has 3 aromatic rings. The van der Waals surface area contributed by atoms with Crippen molar-refractivity contribution < 1.29 is 9.18 Å². The number of anilines is 1. The van der Waals surface area contributed by atoms with Gasteiger partial charge >= 0.3 is 0 Å². The molecule has 0 aliphatic rings. The molecule has 0 atom stereocenters. The molecule has 1 N–H and O–H groups in total. The summed E-state index contributed by atoms with van der Waals surface area (Å²) in [6.45, 7) is 3.64. The molecule has 23 heavy (non-hydrogen) atoms. The largest absolute Gasteiger partial charge is 0.295 e. The summed E-state index contributed by atoms with van der Waals surface area (Å²) in [7, 11) is 0. The van der Waals surface area contributed by atoms with Crippen LogP contribution in [0.5, 0.6) is 0 Å². The monoisotopic (exact) mass is 332 g/mol. The van der Waals surface area contributed by atoms with Crippen molar-refractivity contribution in [1.29, 1.82) is 0 Å². The Balaban J connectivity index is 1.91. The number of carbonyl (C=O) groups excluding carboxylic acids is 1. The smallest absolute Gasteiger partial charge is 0.278 e. The molecule has 0 radical (unpaired) electrons. The fourth-order valence-electron chi connectivity index (χ4n) is 1.98. The first-order valence-electron chi connectivity index (χ1n) is 6.90. The van der Waals surface area contributed by atoms with Crippen LogP contribution in [0.3, 0.4) is 0 Å². The molecule has 7 nitrogen and oxygen atoms in total. The quantitative estimate of drug-likeness (QED) is 0.793. The number of nitrogens with one attached hydrogen (secondary N) is 1. The number of halogens is 1. The van der Waals surface area contributed by atoms with Gasteiger partial charge in [0, 0.05) is 0 Å². The van der Waals surface area contributed by atoms with Gasteiger partial charge in [-0.15, -0.1) is 15.3 Å². The van der Waals surface area contributed by atoms with Gasteiger partial charge in [0.2, 0.25) is 5.13 Å². The summed E-state index contributed by atoms with van der Waals surface area (Å²) in [6.07, 6.45) is 0.752. The maximum atomic E-state index is 13.1. The van der Waals surface area contributed by atoms with E-state index in [1.807, 2.05) is 6.92 Å². The molecular weight excluding hydrogens is 319 g/mol. The number of nitrogens with zero attached hydrogens (tertiary/aromatic N) is 5. The highest BCUT2D eigenvalue weighted by molar-refractivity contribution is 7.15. The second-order valence-electron chi connectivity index (χ2n) is 4.72. The molecule has 0 fully saturated rings. The molecule has 9 heteroatoms. The first-order chi connectivity index (χ1) is 11.1. The van der Waals surface area contributed by atoms with Crippen LogP contribution in [0.15, 0.2) is 24.3 Å². The molecule has 0 aliphatic heterocycles. The van der Waals surface area contributed by atoms with E-state index in [2.05, 4.69) is 25.8 Å². The van der Waals surface area contributed by atoms with Gasteiger partial charge < -0.3 is 0 Å². The maximum Gasteiger partial charge on any atom is 0.278 e. The van der Waals surface area contributed by atoms with Crippen molar-refractivity contribution in [3.8, 4) is 5.69 Å². The van der Waals surface area contributed by atoms with Crippen LogP contribution in [0.25, 0.3) is 5.69 Å². The van der Waals surface area contributed by atoms with Crippen molar-refractivity contribution in [2.45, 2.75) is 20.3 Å². The van der Waals surface area contributed by atoms with Crippen molar-refractivity contribution in [1.82, 2.24) is 25.2 Å². The van der Waals surface area contributed by atoms with Gasteiger partial charge in [-0.25, -0.2) is 9.07 Å². The van der Waals surface area contributed by atoms with Crippen LogP contribution in [0.4, 0.5) is 9.52 Å². The van der Waals surface area contributed by atoms with Crippen molar-refractivity contribution in [2.24, 2.45) is 0 Å². The SMILES string of the molecule is CCc1nnc(NC(=O)c2c(C)nnn2-c2ccc(F)cc2)s1. The molecule has 0 bridgehead atoms. The molecule has 2 aromatic heterocycles. The molecule has 0 unspecified atom stereocenters. The number of amides is 1. The molecular formula is C14H13FN6OS. The minimum atomic E-state index is -0.393. The van der Waals surface area contributed by atoms with Gasteiger partial charge in [0.1, 0.15) is 10.8 Å². The van der Waals surface area contributed by atoms with Crippen molar-refractivity contribution in [3.63, 3.8) is 0 Å². The third-order valence-electron chi connectivity index (χ3n) is 3.11. The average Bonchev–Trinajstić information content (AvgIpc) is 3.14. The highest BCUT2D eigenvalue weighted by Crippen LogP contribution is 2.18. The van der Waals surface area contributed by atoms with E-state index < -0.39 is 5.91 Å². The zero-order chi connectivity index (χ0) is 16.4. The predicted molar refractivity (Wildman–Crippen MR) is 83.3 cm³/mol. The van der Waals surface area contributed by atoms with Crippen molar-refractivity contribution in [3.05, 3.63) is 46.5 Å². The Hall–Kier alpha value is -2.68. The highest BCUT2D eigenvalue weighted by Gasteiger charge is 2.20. The summed E-state index contributed by atoms with van der Waals surface area (Å²) in [5, 5.41) is 19.7. The Morgan fingerprint density at radius 3 is 2.65 bits per heavy atom. The number of rotatable bonds is 4. The van der Waals surface area contributed by atoms with Gasteiger partial charge in [-0.3, -0.25) is 10.1 Å². The topological polar surface area (TPSA) is 85.6 Å². The fourth-order valence-corrected chi connectivity index (χ4v) is 2.66. The second-order valence-corrected chi connectivity index (χ2v) is 5.78. The van der Waals surface area contributed by atoms with E-state index in [-0.39, 0.29) is 11.5 Å². The van der Waals surface area contributed by atoms with Crippen LogP contribution in [-0.4, -0.2) is 31.1 Å². The minimum absolute atomic E-state index is 0.268. The van der Waals surface area contributed by atoms with Gasteiger partial charge in [0.25, 0.3) is 5.91 Å². The predicted octanol–water partition coefficient (Wildman–Crippen LogP) is 2.38. The Morgan fingerprint density at radius 1 is 1.26 bits per heavy atom. The molecule has 0 spiro atoms. The Bertz CT molecular complexity index is 841. The molecule has 118 valence electrons. The van der Waals surface area contributed by atoms with E-state index in [1.54, 1.807) is 6.92 Å². The third-order valence-corrected chi connectivity index (χ3v) is 4.10. The number of hydrogen-bond donors (Lipinski definition) is 1. The van der Waals surface area contributed by atoms with Crippen molar-refractivity contribution in [2.75, 3.05) is 5.32 Å². The van der Waals surface area contributed by atoms with E-state index in [1.165, 1.54) is 40.3 Å². The average molecular weight is 332 g/mol. The summed E-state index contributed by atoms with van der Waals surface area (Å²) in [5.41, 5.74) is 1.28. The van der Waals surface area contributed by atoms with Gasteiger partial charge in [0.05, 0.1) is 11.4 Å². The zero-order valence-corrected chi connectivity index (χ0v) is 13.3. The minimum Gasteiger partial charge on any atom is -0.295 e. The van der Waals surface area contributed by atoms with E-state index in [0.717, 1.165) is 11.4 Å². The van der Waals surface area contributed by atoms with Crippen LogP contribution in [0.1, 0.15) is 28.1 Å². The highest BCUT2D eigenvalue weighted by atomic mass is 32.1. The molecule has 0 saturated heterocycles. The lowest BCUT2D eigenvalue weighted by Gasteiger charge is -2.06. The van der Waals surface area contributed by atoms with Crippen LogP contribution >= 0.6 is 11.3 Å². The molecule has 0 aliphatic carbocycles. The molecule has 3 rings (SSSR count). The summed E-state index contributed by atoms with van der Waals surface area (Å²) < 4.78 is 14.4. The normalized spacial score (nSPS) is 10.7. The number of hydrogen-bond acceptors (Lipinski definition) is 6. The fraction of sp³-hybridized carbons (Fsp3) is 0.214. The van der Waals surface area contributed by atoms with Crippen molar-refractivity contribution >= 4 is 22.4 Å². The Morgan fingerprint density at radius 2 is 2.00 bits per heavy atom. The summed E-state index contributed by atoms with van der Waals surface area (Å²) >= 11 is 1.31. The Kier molecular flexibility index (Phi) is 4.11. The van der Waals surface area contributed by atoms with E-state index in [9.17, 15) is 9.18 Å². The van der Waals surface area contributed by atoms with Crippen LogP contribution < -0.4 is 5.32 Å². The van der Waals surface area contributed by atoms with Crippen LogP contribution in [0, 0.1) is 12.7 Å². The summed E-state index contributed by atoms with van der Waals surface area (Å²) in [5.74, 6) is -0.756. The Labute approximate surface area is 135 Å². The number of carbonyl (C=O) groups is 1. The molecule has 0 saturated carbocycles. The standard InChI is InChI=1S/C14H13FN6OS/c1-3-11-18-19-14(23-11)16-13(22)12-8(2)17-20-21(12)10-6-4-9(15)5-7-10/h4-7H,3H2,1-2H3,(H,16,19,22). The zero-order valence-electron chi connectivity index (χ0n) is 12.4. The second kappa shape index (κ2) is 6.21. The van der Waals surface area contributed by atoms with Gasteiger partial charge in [-0.05, 0) is 37.6 Å². The molecule has 1 aromatic carbocycles. The lowest BCUT2D eigenvalue weighted by molar-refractivity contribution is 0.101. The number of benzene rings is 1. The summed E-state index contributed by atoms with van der Waals surface area (Å²) in [4.78, 5) is 12.5. The van der Waals surface area contributed by atoms with Gasteiger partial charge in [-0.1, -0.05) is 23.5 Å². The lowest BCUT2D eigenvalue weighted by Crippen LogP contribution is -2.18. The van der Waals surface area contributed by atoms with Crippen LogP contribution in [-0.2, 0) is 6.42 Å².